The third-order valence-corrected chi connectivity index (χ3v) is 10.3. The number of aromatic nitrogens is 4. The van der Waals surface area contributed by atoms with E-state index in [1.165, 1.54) is 0 Å². The van der Waals surface area contributed by atoms with Crippen LogP contribution in [0.2, 0.25) is 0 Å². The van der Waals surface area contributed by atoms with Crippen molar-refractivity contribution in [1.29, 1.82) is 0 Å². The fraction of sp³-hybridized carbons (Fsp3) is 0.457. The Kier molecular flexibility index (Phi) is 6.01. The summed E-state index contributed by atoms with van der Waals surface area (Å²) < 4.78 is 7.79. The Morgan fingerprint density at radius 1 is 1.02 bits per heavy atom. The first-order valence-electron chi connectivity index (χ1n) is 16.0. The van der Waals surface area contributed by atoms with Crippen LogP contribution in [0.25, 0.3) is 22.2 Å². The highest BCUT2D eigenvalue weighted by Gasteiger charge is 2.48. The quantitative estimate of drug-likeness (QED) is 0.297. The maximum absolute atomic E-state index is 13.7. The number of carbonyl (C=O) groups excluding carboxylic acids is 2. The summed E-state index contributed by atoms with van der Waals surface area (Å²) in [6.07, 6.45) is 8.78. The van der Waals surface area contributed by atoms with Crippen molar-refractivity contribution >= 4 is 23.0 Å². The van der Waals surface area contributed by atoms with Gasteiger partial charge in [0.2, 0.25) is 0 Å². The minimum atomic E-state index is -0.899. The molecule has 4 heterocycles. The Labute approximate surface area is 261 Å². The fourth-order valence-electron chi connectivity index (χ4n) is 7.64. The number of imidazole rings is 1. The first-order valence-corrected chi connectivity index (χ1v) is 16.0. The molecule has 0 saturated heterocycles. The first-order chi connectivity index (χ1) is 21.5. The number of fused-ring (bicyclic) bond motifs is 9. The molecule has 232 valence electrons. The number of hydrogen-bond acceptors (Lipinski definition) is 7. The van der Waals surface area contributed by atoms with Crippen LogP contribution >= 0.6 is 0 Å². The molecule has 2 amide bonds. The molecule has 2 bridgehead atoms. The molecule has 4 aromatic rings. The van der Waals surface area contributed by atoms with E-state index in [4.69, 9.17) is 19.7 Å². The molecule has 2 aliphatic carbocycles. The second-order valence-electron chi connectivity index (χ2n) is 14.2. The Morgan fingerprint density at radius 3 is 2.40 bits per heavy atom. The standard InChI is InChI=1S/C35H38N6O4/c1-33(2,3)45-32(43)39-34(12-6-13-34)31-36-18-21(19-37-31)20-10-11-24-25(16-20)41-26-17-27(29(41)38-24)40(4)30(42)22-8-5-9-23(28(22)26)35(44)14-7-15-35/h5,8-11,16,18-19,26-27,44H,6-7,12-15,17H2,1-4H3,(H,39,43)/t26-,27-/m1/s1. The number of benzene rings is 2. The summed E-state index contributed by atoms with van der Waals surface area (Å²) in [6, 6.07) is 11.7. The molecule has 10 heteroatoms. The van der Waals surface area contributed by atoms with Crippen molar-refractivity contribution in [2.75, 3.05) is 7.05 Å². The van der Waals surface area contributed by atoms with Crippen LogP contribution in [0.1, 0.15) is 111 Å². The number of carbonyl (C=O) groups is 2. The summed E-state index contributed by atoms with van der Waals surface area (Å²) in [5, 5.41) is 14.6. The highest BCUT2D eigenvalue weighted by atomic mass is 16.6. The molecule has 8 rings (SSSR count). The molecule has 0 unspecified atom stereocenters. The van der Waals surface area contributed by atoms with E-state index >= 15 is 0 Å². The number of rotatable bonds is 4. The van der Waals surface area contributed by atoms with Gasteiger partial charge in [-0.15, -0.1) is 0 Å². The predicted octanol–water partition coefficient (Wildman–Crippen LogP) is 5.89. The Balaban J connectivity index is 1.17. The molecule has 0 radical (unpaired) electrons. The highest BCUT2D eigenvalue weighted by Crippen LogP contribution is 2.52. The second kappa shape index (κ2) is 9.59. The van der Waals surface area contributed by atoms with Gasteiger partial charge in [0, 0.05) is 37.0 Å². The molecule has 10 nitrogen and oxygen atoms in total. The van der Waals surface area contributed by atoms with Gasteiger partial charge in [-0.25, -0.2) is 19.7 Å². The predicted molar refractivity (Wildman–Crippen MR) is 167 cm³/mol. The lowest BCUT2D eigenvalue weighted by Crippen LogP contribution is -2.53. The maximum Gasteiger partial charge on any atom is 0.408 e. The summed E-state index contributed by atoms with van der Waals surface area (Å²) in [5.74, 6) is 1.44. The molecule has 4 aliphatic rings. The van der Waals surface area contributed by atoms with E-state index in [2.05, 4.69) is 16.0 Å². The van der Waals surface area contributed by atoms with E-state index in [0.29, 0.717) is 24.2 Å². The Bertz CT molecular complexity index is 1870. The average Bonchev–Trinajstić information content (AvgIpc) is 3.50. The van der Waals surface area contributed by atoms with Crippen LogP contribution in [0.5, 0.6) is 0 Å². The molecule has 2 aromatic carbocycles. The van der Waals surface area contributed by atoms with Crippen molar-refractivity contribution in [2.24, 2.45) is 0 Å². The van der Waals surface area contributed by atoms with Gasteiger partial charge in [0.1, 0.15) is 17.0 Å². The van der Waals surface area contributed by atoms with Crippen molar-refractivity contribution in [3.05, 3.63) is 77.1 Å². The number of alkyl carbamates (subject to hydrolysis) is 1. The summed E-state index contributed by atoms with van der Waals surface area (Å²) in [4.78, 5) is 42.6. The van der Waals surface area contributed by atoms with E-state index in [1.807, 2.05) is 75.4 Å². The molecule has 2 aromatic heterocycles. The van der Waals surface area contributed by atoms with Crippen LogP contribution in [0.15, 0.2) is 48.8 Å². The first kappa shape index (κ1) is 28.2. The van der Waals surface area contributed by atoms with E-state index in [0.717, 1.165) is 71.2 Å². The lowest BCUT2D eigenvalue weighted by molar-refractivity contribution is -0.0398. The number of nitrogens with one attached hydrogen (secondary N) is 1. The van der Waals surface area contributed by atoms with Gasteiger partial charge in [-0.3, -0.25) is 4.79 Å². The molecule has 2 saturated carbocycles. The second-order valence-corrected chi connectivity index (χ2v) is 14.2. The normalized spacial score (nSPS) is 22.6. The zero-order chi connectivity index (χ0) is 31.3. The summed E-state index contributed by atoms with van der Waals surface area (Å²) in [6.45, 7) is 5.54. The van der Waals surface area contributed by atoms with E-state index in [1.54, 1.807) is 0 Å². The van der Waals surface area contributed by atoms with Crippen molar-refractivity contribution in [3.8, 4) is 11.1 Å². The maximum atomic E-state index is 13.7. The molecule has 45 heavy (non-hydrogen) atoms. The van der Waals surface area contributed by atoms with E-state index < -0.39 is 22.8 Å². The van der Waals surface area contributed by atoms with Crippen LogP contribution in [0.4, 0.5) is 4.79 Å². The van der Waals surface area contributed by atoms with E-state index in [9.17, 15) is 14.7 Å². The number of aliphatic hydroxyl groups is 1. The van der Waals surface area contributed by atoms with Gasteiger partial charge >= 0.3 is 6.09 Å². The van der Waals surface area contributed by atoms with Crippen LogP contribution in [-0.2, 0) is 15.9 Å². The number of amides is 2. The molecule has 2 atom stereocenters. The monoisotopic (exact) mass is 606 g/mol. The largest absolute Gasteiger partial charge is 0.444 e. The Hall–Kier alpha value is -4.31. The van der Waals surface area contributed by atoms with Gasteiger partial charge in [-0.05, 0) is 94.2 Å². The minimum Gasteiger partial charge on any atom is -0.444 e. The third kappa shape index (κ3) is 4.29. The molecule has 0 spiro atoms. The zero-order valence-electron chi connectivity index (χ0n) is 26.1. The van der Waals surface area contributed by atoms with Crippen LogP contribution in [0.3, 0.4) is 0 Å². The van der Waals surface area contributed by atoms with Gasteiger partial charge in [0.05, 0.1) is 28.7 Å². The highest BCUT2D eigenvalue weighted by molar-refractivity contribution is 5.97. The lowest BCUT2D eigenvalue weighted by atomic mass is 9.71. The summed E-state index contributed by atoms with van der Waals surface area (Å²) >= 11 is 0. The number of hydrogen-bond donors (Lipinski definition) is 2. The number of nitrogens with zero attached hydrogens (tertiary/aromatic N) is 5. The smallest absolute Gasteiger partial charge is 0.408 e. The van der Waals surface area contributed by atoms with E-state index in [-0.39, 0.29) is 18.0 Å². The summed E-state index contributed by atoms with van der Waals surface area (Å²) in [5.41, 5.74) is 4.01. The van der Waals surface area contributed by atoms with Crippen LogP contribution in [0, 0.1) is 0 Å². The van der Waals surface area contributed by atoms with Crippen molar-refractivity contribution in [3.63, 3.8) is 0 Å². The number of ether oxygens (including phenoxy) is 1. The summed E-state index contributed by atoms with van der Waals surface area (Å²) in [7, 11) is 1.86. The molecular formula is C35H38N6O4. The third-order valence-electron chi connectivity index (χ3n) is 10.3. The Morgan fingerprint density at radius 2 is 1.76 bits per heavy atom. The zero-order valence-corrected chi connectivity index (χ0v) is 26.1. The van der Waals surface area contributed by atoms with Gasteiger partial charge in [0.15, 0.2) is 5.82 Å². The lowest BCUT2D eigenvalue weighted by Gasteiger charge is -2.41. The van der Waals surface area contributed by atoms with Crippen LogP contribution < -0.4 is 5.32 Å². The fourth-order valence-corrected chi connectivity index (χ4v) is 7.64. The van der Waals surface area contributed by atoms with Crippen molar-refractivity contribution < 1.29 is 19.4 Å². The molecule has 2 N–H and O–H groups in total. The van der Waals surface area contributed by atoms with Gasteiger partial charge in [0.25, 0.3) is 5.91 Å². The molecular weight excluding hydrogens is 568 g/mol. The van der Waals surface area contributed by atoms with Gasteiger partial charge in [-0.2, -0.15) is 0 Å². The van der Waals surface area contributed by atoms with Crippen molar-refractivity contribution in [2.45, 2.75) is 94.5 Å². The SMILES string of the molecule is CN1C(=O)c2cccc(C3(O)CCC3)c2[C@H]2C[C@@H]1c1nc3ccc(-c4cnc(C5(NC(=O)OC(C)(C)C)CCC5)nc4)cc3n12. The minimum absolute atomic E-state index is 0.0242. The average molecular weight is 607 g/mol. The molecule has 2 aliphatic heterocycles. The van der Waals surface area contributed by atoms with Gasteiger partial charge in [-0.1, -0.05) is 18.2 Å². The van der Waals surface area contributed by atoms with Crippen LogP contribution in [-0.4, -0.2) is 54.2 Å². The topological polar surface area (TPSA) is 122 Å². The van der Waals surface area contributed by atoms with Crippen molar-refractivity contribution in [1.82, 2.24) is 29.7 Å². The molecule has 2 fully saturated rings. The van der Waals surface area contributed by atoms with Gasteiger partial charge < -0.3 is 24.6 Å².